The fourth-order valence-electron chi connectivity index (χ4n) is 1.91. The van der Waals surface area contributed by atoms with Gasteiger partial charge in [-0.25, -0.2) is 4.79 Å². The number of carbonyl (C=O) groups excluding carboxylic acids is 1. The minimum atomic E-state index is -0.496. The van der Waals surface area contributed by atoms with E-state index in [9.17, 15) is 4.79 Å². The van der Waals surface area contributed by atoms with Crippen LogP contribution in [0.1, 0.15) is 67.7 Å². The summed E-state index contributed by atoms with van der Waals surface area (Å²) in [5, 5.41) is 0. The Balaban J connectivity index is 0.00000232. The molecule has 0 saturated heterocycles. The Kier molecular flexibility index (Phi) is 10.5. The van der Waals surface area contributed by atoms with Crippen LogP contribution in [0.4, 0.5) is 4.79 Å². The molecule has 23 heavy (non-hydrogen) atoms. The van der Waals surface area contributed by atoms with Gasteiger partial charge < -0.3 is 20.1 Å². The number of rotatable bonds is 8. The monoisotopic (exact) mass is 330 g/mol. The van der Waals surface area contributed by atoms with Crippen LogP contribution in [0.25, 0.3) is 0 Å². The van der Waals surface area contributed by atoms with Crippen molar-refractivity contribution in [3.05, 3.63) is 0 Å². The molecule has 5 nitrogen and oxygen atoms in total. The molecule has 0 spiro atoms. The van der Waals surface area contributed by atoms with E-state index in [1.165, 1.54) is 0 Å². The van der Waals surface area contributed by atoms with Crippen molar-refractivity contribution in [1.29, 1.82) is 0 Å². The number of carbonyl (C=O) groups is 1. The molecule has 1 fully saturated rings. The SMILES string of the molecule is CC.CC(C)CCN(C(=O)OC(C)(C)C)C(CN)COC1CC1. The zero-order valence-corrected chi connectivity index (χ0v) is 16.2. The number of nitrogens with zero attached hydrogens (tertiary/aromatic N) is 1. The molecule has 0 radical (unpaired) electrons. The highest BCUT2D eigenvalue weighted by Gasteiger charge is 2.30. The minimum absolute atomic E-state index is 0.112. The van der Waals surface area contributed by atoms with E-state index in [4.69, 9.17) is 15.2 Å². The van der Waals surface area contributed by atoms with Crippen molar-refractivity contribution < 1.29 is 14.3 Å². The van der Waals surface area contributed by atoms with Crippen molar-refractivity contribution in [1.82, 2.24) is 4.90 Å². The number of hydrogen-bond donors (Lipinski definition) is 1. The summed E-state index contributed by atoms with van der Waals surface area (Å²) in [7, 11) is 0. The average Bonchev–Trinajstić information content (AvgIpc) is 3.26. The largest absolute Gasteiger partial charge is 0.444 e. The maximum absolute atomic E-state index is 12.4. The molecular weight excluding hydrogens is 292 g/mol. The minimum Gasteiger partial charge on any atom is -0.444 e. The third kappa shape index (κ3) is 10.6. The first kappa shape index (κ1) is 22.2. The molecule has 0 aliphatic heterocycles. The summed E-state index contributed by atoms with van der Waals surface area (Å²) in [6, 6.07) is -0.112. The Morgan fingerprint density at radius 1 is 1.26 bits per heavy atom. The van der Waals surface area contributed by atoms with Crippen molar-refractivity contribution in [3.8, 4) is 0 Å². The molecule has 0 aromatic carbocycles. The highest BCUT2D eigenvalue weighted by Crippen LogP contribution is 2.24. The highest BCUT2D eigenvalue weighted by atomic mass is 16.6. The van der Waals surface area contributed by atoms with E-state index in [1.54, 1.807) is 4.90 Å². The van der Waals surface area contributed by atoms with Gasteiger partial charge in [0.25, 0.3) is 0 Å². The quantitative estimate of drug-likeness (QED) is 0.735. The molecule has 0 bridgehead atoms. The zero-order chi connectivity index (χ0) is 18.0. The second kappa shape index (κ2) is 10.9. The Morgan fingerprint density at radius 2 is 1.83 bits per heavy atom. The molecule has 1 aliphatic carbocycles. The normalized spacial score (nSPS) is 15.7. The lowest BCUT2D eigenvalue weighted by molar-refractivity contribution is -0.000810. The summed E-state index contributed by atoms with van der Waals surface area (Å²) in [5.74, 6) is 0.526. The fourth-order valence-corrected chi connectivity index (χ4v) is 1.91. The molecule has 0 aromatic rings. The Morgan fingerprint density at radius 3 is 2.22 bits per heavy atom. The third-order valence-corrected chi connectivity index (χ3v) is 3.34. The van der Waals surface area contributed by atoms with Gasteiger partial charge in [0.15, 0.2) is 0 Å². The predicted molar refractivity (Wildman–Crippen MR) is 95.6 cm³/mol. The maximum atomic E-state index is 12.4. The summed E-state index contributed by atoms with van der Waals surface area (Å²) in [6.07, 6.45) is 3.24. The zero-order valence-electron chi connectivity index (χ0n) is 16.2. The molecule has 1 rings (SSSR count). The van der Waals surface area contributed by atoms with Crippen LogP contribution in [0.3, 0.4) is 0 Å². The second-order valence-corrected chi connectivity index (χ2v) is 7.28. The molecule has 138 valence electrons. The van der Waals surface area contributed by atoms with Gasteiger partial charge in [-0.15, -0.1) is 0 Å². The van der Waals surface area contributed by atoms with Crippen LogP contribution < -0.4 is 5.73 Å². The Bertz CT molecular complexity index is 323. The lowest BCUT2D eigenvalue weighted by Crippen LogP contribution is -2.49. The first-order chi connectivity index (χ1) is 10.7. The van der Waals surface area contributed by atoms with E-state index in [-0.39, 0.29) is 12.1 Å². The first-order valence-corrected chi connectivity index (χ1v) is 9.04. The van der Waals surface area contributed by atoms with Gasteiger partial charge in [-0.1, -0.05) is 27.7 Å². The van der Waals surface area contributed by atoms with Crippen LogP contribution in [0.15, 0.2) is 0 Å². The molecule has 1 saturated carbocycles. The molecule has 5 heteroatoms. The van der Waals surface area contributed by atoms with E-state index in [0.717, 1.165) is 19.3 Å². The number of nitrogens with two attached hydrogens (primary N) is 1. The van der Waals surface area contributed by atoms with Crippen molar-refractivity contribution in [2.24, 2.45) is 11.7 Å². The molecule has 0 heterocycles. The van der Waals surface area contributed by atoms with Crippen LogP contribution in [-0.4, -0.2) is 48.4 Å². The predicted octanol–water partition coefficient (Wildman–Crippen LogP) is 3.80. The highest BCUT2D eigenvalue weighted by molar-refractivity contribution is 5.68. The van der Waals surface area contributed by atoms with Crippen LogP contribution in [0, 0.1) is 5.92 Å². The van der Waals surface area contributed by atoms with Gasteiger partial charge in [-0.05, 0) is 46.0 Å². The van der Waals surface area contributed by atoms with E-state index >= 15 is 0 Å². The van der Waals surface area contributed by atoms with E-state index in [0.29, 0.717) is 31.7 Å². The lowest BCUT2D eigenvalue weighted by Gasteiger charge is -2.33. The molecule has 1 unspecified atom stereocenters. The number of amides is 1. The molecule has 0 aromatic heterocycles. The van der Waals surface area contributed by atoms with Crippen LogP contribution in [0.5, 0.6) is 0 Å². The number of hydrogen-bond acceptors (Lipinski definition) is 4. The molecule has 1 aliphatic rings. The molecular formula is C18H38N2O3. The summed E-state index contributed by atoms with van der Waals surface area (Å²) < 4.78 is 11.3. The van der Waals surface area contributed by atoms with Crippen LogP contribution >= 0.6 is 0 Å². The van der Waals surface area contributed by atoms with E-state index < -0.39 is 5.60 Å². The van der Waals surface area contributed by atoms with E-state index in [1.807, 2.05) is 34.6 Å². The average molecular weight is 331 g/mol. The van der Waals surface area contributed by atoms with Gasteiger partial charge in [-0.3, -0.25) is 0 Å². The van der Waals surface area contributed by atoms with Gasteiger partial charge in [0.2, 0.25) is 0 Å². The van der Waals surface area contributed by atoms with Crippen molar-refractivity contribution in [2.45, 2.75) is 85.5 Å². The van der Waals surface area contributed by atoms with Crippen molar-refractivity contribution >= 4 is 6.09 Å². The van der Waals surface area contributed by atoms with Crippen molar-refractivity contribution in [2.75, 3.05) is 19.7 Å². The third-order valence-electron chi connectivity index (χ3n) is 3.34. The van der Waals surface area contributed by atoms with Gasteiger partial charge in [0.1, 0.15) is 5.60 Å². The van der Waals surface area contributed by atoms with Gasteiger partial charge in [0, 0.05) is 13.1 Å². The molecule has 1 amide bonds. The second-order valence-electron chi connectivity index (χ2n) is 7.28. The Labute approximate surface area is 142 Å². The first-order valence-electron chi connectivity index (χ1n) is 9.04. The van der Waals surface area contributed by atoms with Crippen LogP contribution in [-0.2, 0) is 9.47 Å². The summed E-state index contributed by atoms with van der Waals surface area (Å²) >= 11 is 0. The summed E-state index contributed by atoms with van der Waals surface area (Å²) in [6.45, 7) is 15.5. The molecule has 1 atom stereocenters. The maximum Gasteiger partial charge on any atom is 0.410 e. The van der Waals surface area contributed by atoms with Gasteiger partial charge in [0.05, 0.1) is 18.8 Å². The summed E-state index contributed by atoms with van der Waals surface area (Å²) in [5.41, 5.74) is 5.36. The Hall–Kier alpha value is -0.810. The van der Waals surface area contributed by atoms with Gasteiger partial charge >= 0.3 is 6.09 Å². The summed E-state index contributed by atoms with van der Waals surface area (Å²) in [4.78, 5) is 14.2. The standard InChI is InChI=1S/C16H32N2O3.C2H6/c1-12(2)8-9-18(15(19)21-16(3,4)5)13(10-17)11-20-14-6-7-14;1-2/h12-14H,6-11,17H2,1-5H3;1-2H3. The topological polar surface area (TPSA) is 64.8 Å². The van der Waals surface area contributed by atoms with Crippen LogP contribution in [0.2, 0.25) is 0 Å². The molecule has 2 N–H and O–H groups in total. The fraction of sp³-hybridized carbons (Fsp3) is 0.944. The van der Waals surface area contributed by atoms with Gasteiger partial charge in [-0.2, -0.15) is 0 Å². The lowest BCUT2D eigenvalue weighted by atomic mass is 10.1. The van der Waals surface area contributed by atoms with Crippen molar-refractivity contribution in [3.63, 3.8) is 0 Å². The van der Waals surface area contributed by atoms with E-state index in [2.05, 4.69) is 13.8 Å². The smallest absolute Gasteiger partial charge is 0.410 e. The number of ether oxygens (including phenoxy) is 2.